The van der Waals surface area contributed by atoms with Gasteiger partial charge in [-0.2, -0.15) is 0 Å². The number of nitrogens with one attached hydrogen (secondary N) is 1. The third-order valence-corrected chi connectivity index (χ3v) is 20.6. The van der Waals surface area contributed by atoms with Crippen molar-refractivity contribution in [1.29, 1.82) is 0 Å². The van der Waals surface area contributed by atoms with Gasteiger partial charge >= 0.3 is 0 Å². The molecule has 0 saturated carbocycles. The van der Waals surface area contributed by atoms with Crippen LogP contribution >= 0.6 is 0 Å². The van der Waals surface area contributed by atoms with E-state index in [0.29, 0.717) is 6.42 Å². The summed E-state index contributed by atoms with van der Waals surface area (Å²) in [5.74, 6) is -0.234. The molecule has 102 heavy (non-hydrogen) atoms. The molecule has 2 heterocycles. The van der Waals surface area contributed by atoms with E-state index in [1.807, 2.05) is 6.08 Å². The number of allylic oxidation sites excluding steroid dienone is 13. The van der Waals surface area contributed by atoms with Crippen molar-refractivity contribution in [2.45, 2.75) is 447 Å². The largest absolute Gasteiger partial charge is 0.394 e. The maximum atomic E-state index is 13.4. The summed E-state index contributed by atoms with van der Waals surface area (Å²) in [6.45, 7) is 2.74. The van der Waals surface area contributed by atoms with Crippen molar-refractivity contribution in [1.82, 2.24) is 5.32 Å². The first-order chi connectivity index (χ1) is 50.1. The van der Waals surface area contributed by atoms with Crippen molar-refractivity contribution in [3.63, 3.8) is 0 Å². The van der Waals surface area contributed by atoms with E-state index in [1.54, 1.807) is 6.08 Å². The van der Waals surface area contributed by atoms with Gasteiger partial charge in [0.25, 0.3) is 0 Å². The monoisotopic (exact) mass is 1440 g/mol. The molecule has 12 atom stereocenters. The van der Waals surface area contributed by atoms with Crippen LogP contribution < -0.4 is 5.32 Å². The zero-order valence-electron chi connectivity index (χ0n) is 65.3. The first-order valence-corrected chi connectivity index (χ1v) is 42.8. The third-order valence-electron chi connectivity index (χ3n) is 20.6. The molecule has 2 aliphatic rings. The SMILES string of the molecule is CC/C=C\C/C=C\C/C=C\C/C=C\C/C=C\C/C=C\CCCCCCCCCCCCCCCCCCCCCCC(=O)NC(COC1OC(CO)C(OC2OC(CO)C(O)C(O)C2O)C(O)C1O)C(O)/C=C/CCCCCCCCCCCCCCCCCCCCCCCCCCCCC. The highest BCUT2D eigenvalue weighted by molar-refractivity contribution is 5.76. The maximum absolute atomic E-state index is 13.4. The Morgan fingerprint density at radius 3 is 1.04 bits per heavy atom. The van der Waals surface area contributed by atoms with Crippen LogP contribution in [0.2, 0.25) is 0 Å². The predicted octanol–water partition coefficient (Wildman–Crippen LogP) is 20.3. The Kier molecular flexibility index (Phi) is 66.4. The highest BCUT2D eigenvalue weighted by Crippen LogP contribution is 2.30. The van der Waals surface area contributed by atoms with Crippen molar-refractivity contribution in [3.8, 4) is 0 Å². The molecule has 0 aromatic heterocycles. The van der Waals surface area contributed by atoms with Crippen molar-refractivity contribution in [3.05, 3.63) is 85.1 Å². The van der Waals surface area contributed by atoms with Crippen LogP contribution in [0.5, 0.6) is 0 Å². The smallest absolute Gasteiger partial charge is 0.220 e. The number of ether oxygens (including phenoxy) is 4. The lowest BCUT2D eigenvalue weighted by molar-refractivity contribution is -0.359. The van der Waals surface area contributed by atoms with E-state index in [9.17, 15) is 45.6 Å². The summed E-state index contributed by atoms with van der Waals surface area (Å²) in [7, 11) is 0. The number of hydrogen-bond donors (Lipinski definition) is 9. The lowest BCUT2D eigenvalue weighted by Gasteiger charge is -2.46. The van der Waals surface area contributed by atoms with E-state index in [0.717, 1.165) is 77.0 Å². The standard InChI is InChI=1S/C88H159NO13/c1-3-5-7-9-11-13-15-17-19-21-23-25-27-29-31-33-34-35-36-37-38-39-40-41-42-44-46-48-50-52-54-56-58-60-62-64-66-68-70-72-80(93)89-76(75-99-87-85(98)83(96)86(79(74-91)101-87)102-88-84(97)82(95)81(94)78(73-90)100-88)77(92)71-69-67-65-63-61-59-57-55-53-51-49-47-45-43-32-30-28-26-24-22-20-18-16-14-12-10-8-6-4-2/h5,7,11,13,17,19,23,25,29,31,34-35,69,71,76-79,81-88,90-92,94-98H,3-4,6,8-10,12,14-16,18,20-22,24,26-28,30,32-33,36-68,70,72-75H2,1-2H3,(H,89,93)/b7-5-,13-11-,19-17-,25-23-,31-29-,35-34-,71-69+. The second-order valence-corrected chi connectivity index (χ2v) is 29.9. The Balaban J connectivity index is 1.58. The van der Waals surface area contributed by atoms with Crippen molar-refractivity contribution in [2.75, 3.05) is 19.8 Å². The van der Waals surface area contributed by atoms with Crippen LogP contribution in [0, 0.1) is 0 Å². The quantitative estimate of drug-likeness (QED) is 0.0204. The number of hydrogen-bond acceptors (Lipinski definition) is 13. The minimum Gasteiger partial charge on any atom is -0.394 e. The van der Waals surface area contributed by atoms with Crippen molar-refractivity contribution in [2.24, 2.45) is 0 Å². The fourth-order valence-corrected chi connectivity index (χ4v) is 13.9. The van der Waals surface area contributed by atoms with Gasteiger partial charge in [0.05, 0.1) is 32.0 Å². The molecule has 1 amide bonds. The van der Waals surface area contributed by atoms with Crippen LogP contribution in [0.25, 0.3) is 0 Å². The highest BCUT2D eigenvalue weighted by atomic mass is 16.7. The molecule has 2 rings (SSSR count). The number of carbonyl (C=O) groups excluding carboxylic acids is 1. The number of rotatable bonds is 72. The molecule has 2 saturated heterocycles. The summed E-state index contributed by atoms with van der Waals surface area (Å²) < 4.78 is 23.0. The van der Waals surface area contributed by atoms with Gasteiger partial charge in [-0.1, -0.05) is 381 Å². The minimum absolute atomic E-state index is 0.234. The molecule has 0 bridgehead atoms. The predicted molar refractivity (Wildman–Crippen MR) is 424 cm³/mol. The average Bonchev–Trinajstić information content (AvgIpc) is 0.790. The van der Waals surface area contributed by atoms with Gasteiger partial charge in [0.1, 0.15) is 48.8 Å². The summed E-state index contributed by atoms with van der Waals surface area (Å²) >= 11 is 0. The normalized spacial score (nSPS) is 22.1. The molecule has 0 spiro atoms. The van der Waals surface area contributed by atoms with Crippen LogP contribution in [0.4, 0.5) is 0 Å². The van der Waals surface area contributed by atoms with Gasteiger partial charge in [-0.05, 0) is 70.6 Å². The zero-order valence-corrected chi connectivity index (χ0v) is 65.3. The van der Waals surface area contributed by atoms with Crippen molar-refractivity contribution >= 4 is 5.91 Å². The fraction of sp³-hybridized carbons (Fsp3) is 0.830. The number of unbranched alkanes of at least 4 members (excludes halogenated alkanes) is 47. The van der Waals surface area contributed by atoms with Crippen LogP contribution in [0.15, 0.2) is 85.1 Å². The summed E-state index contributed by atoms with van der Waals surface area (Å²) in [4.78, 5) is 13.4. The van der Waals surface area contributed by atoms with Crippen LogP contribution in [0.3, 0.4) is 0 Å². The molecule has 0 radical (unpaired) electrons. The summed E-state index contributed by atoms with van der Waals surface area (Å²) in [6, 6.07) is -0.919. The Bertz CT molecular complexity index is 2040. The average molecular weight is 1440 g/mol. The van der Waals surface area contributed by atoms with Gasteiger partial charge in [-0.15, -0.1) is 0 Å². The molecule has 14 heteroatoms. The molecule has 0 aromatic rings. The van der Waals surface area contributed by atoms with Gasteiger partial charge in [-0.3, -0.25) is 4.79 Å². The number of amides is 1. The van der Waals surface area contributed by atoms with Crippen LogP contribution in [-0.2, 0) is 23.7 Å². The van der Waals surface area contributed by atoms with Gasteiger partial charge in [0.15, 0.2) is 12.6 Å². The Morgan fingerprint density at radius 2 is 0.676 bits per heavy atom. The summed E-state index contributed by atoms with van der Waals surface area (Å²) in [6.07, 6.45) is 83.9. The molecule has 2 fully saturated rings. The lowest BCUT2D eigenvalue weighted by Crippen LogP contribution is -2.65. The molecule has 9 N–H and O–H groups in total. The second-order valence-electron chi connectivity index (χ2n) is 29.9. The van der Waals surface area contributed by atoms with E-state index in [4.69, 9.17) is 18.9 Å². The molecule has 12 unspecified atom stereocenters. The zero-order chi connectivity index (χ0) is 73.7. The molecule has 0 aromatic carbocycles. The van der Waals surface area contributed by atoms with Crippen LogP contribution in [0.1, 0.15) is 373 Å². The molecular weight excluding hydrogens is 1280 g/mol. The number of carbonyl (C=O) groups is 1. The highest BCUT2D eigenvalue weighted by Gasteiger charge is 2.51. The van der Waals surface area contributed by atoms with E-state index < -0.39 is 86.8 Å². The van der Waals surface area contributed by atoms with Gasteiger partial charge in [0.2, 0.25) is 5.91 Å². The molecule has 14 nitrogen and oxygen atoms in total. The van der Waals surface area contributed by atoms with Gasteiger partial charge in [0, 0.05) is 6.42 Å². The number of aliphatic hydroxyl groups is 8. The Labute approximate surface area is 624 Å². The Hall–Kier alpha value is -2.83. The Morgan fingerprint density at radius 1 is 0.363 bits per heavy atom. The first-order valence-electron chi connectivity index (χ1n) is 42.8. The van der Waals surface area contributed by atoms with Crippen LogP contribution in [-0.4, -0.2) is 140 Å². The lowest BCUT2D eigenvalue weighted by atomic mass is 9.97. The minimum atomic E-state index is -1.79. The first kappa shape index (κ1) is 95.2. The fourth-order valence-electron chi connectivity index (χ4n) is 13.9. The van der Waals surface area contributed by atoms with E-state index in [-0.39, 0.29) is 18.9 Å². The van der Waals surface area contributed by atoms with E-state index in [2.05, 4.69) is 92.1 Å². The number of aliphatic hydroxyl groups excluding tert-OH is 8. The second kappa shape index (κ2) is 71.1. The molecule has 2 aliphatic heterocycles. The van der Waals surface area contributed by atoms with Crippen molar-refractivity contribution < 1.29 is 64.6 Å². The van der Waals surface area contributed by atoms with E-state index >= 15 is 0 Å². The van der Waals surface area contributed by atoms with Gasteiger partial charge < -0.3 is 65.1 Å². The van der Waals surface area contributed by atoms with Gasteiger partial charge in [-0.25, -0.2) is 0 Å². The van der Waals surface area contributed by atoms with E-state index in [1.165, 1.54) is 270 Å². The summed E-state index contributed by atoms with van der Waals surface area (Å²) in [5.41, 5.74) is 0. The topological polar surface area (TPSA) is 228 Å². The molecular formula is C88H159NO13. The molecule has 594 valence electrons. The molecule has 0 aliphatic carbocycles. The maximum Gasteiger partial charge on any atom is 0.220 e. The summed E-state index contributed by atoms with van der Waals surface area (Å²) in [5, 5.41) is 87.8. The third kappa shape index (κ3) is 53.0.